The van der Waals surface area contributed by atoms with E-state index in [9.17, 15) is 0 Å². The molecule has 0 saturated heterocycles. The Kier molecular flexibility index (Phi) is 3.94. The number of hydrogen-bond acceptors (Lipinski definition) is 5. The SMILES string of the molecule is CCNCc1nnc(N(C)c2ccccc2C)o1. The molecule has 5 nitrogen and oxygen atoms in total. The highest BCUT2D eigenvalue weighted by Crippen LogP contribution is 2.25. The predicted octanol–water partition coefficient (Wildman–Crippen LogP) is 2.26. The number of aryl methyl sites for hydroxylation is 1. The Labute approximate surface area is 107 Å². The first kappa shape index (κ1) is 12.6. The smallest absolute Gasteiger partial charge is 0.322 e. The van der Waals surface area contributed by atoms with Crippen molar-refractivity contribution in [1.29, 1.82) is 0 Å². The van der Waals surface area contributed by atoms with E-state index in [-0.39, 0.29) is 0 Å². The first-order valence-electron chi connectivity index (χ1n) is 6.05. The van der Waals surface area contributed by atoms with Gasteiger partial charge in [-0.3, -0.25) is 4.90 Å². The number of benzene rings is 1. The molecule has 0 aliphatic rings. The molecule has 18 heavy (non-hydrogen) atoms. The van der Waals surface area contributed by atoms with Crippen LogP contribution < -0.4 is 10.2 Å². The van der Waals surface area contributed by atoms with Crippen LogP contribution in [-0.4, -0.2) is 23.8 Å². The van der Waals surface area contributed by atoms with Crippen molar-refractivity contribution >= 4 is 11.7 Å². The van der Waals surface area contributed by atoms with E-state index < -0.39 is 0 Å². The summed E-state index contributed by atoms with van der Waals surface area (Å²) in [7, 11) is 1.92. The Morgan fingerprint density at radius 3 is 2.78 bits per heavy atom. The zero-order valence-electron chi connectivity index (χ0n) is 11.0. The molecule has 0 aliphatic heterocycles. The predicted molar refractivity (Wildman–Crippen MR) is 70.9 cm³/mol. The van der Waals surface area contributed by atoms with Gasteiger partial charge in [-0.25, -0.2) is 0 Å². The maximum Gasteiger partial charge on any atom is 0.322 e. The van der Waals surface area contributed by atoms with Gasteiger partial charge in [0.15, 0.2) is 0 Å². The third kappa shape index (κ3) is 2.68. The molecule has 1 N–H and O–H groups in total. The van der Waals surface area contributed by atoms with Gasteiger partial charge >= 0.3 is 6.01 Å². The van der Waals surface area contributed by atoms with Crippen LogP contribution in [-0.2, 0) is 6.54 Å². The van der Waals surface area contributed by atoms with Gasteiger partial charge in [-0.1, -0.05) is 30.2 Å². The van der Waals surface area contributed by atoms with Crippen molar-refractivity contribution in [2.45, 2.75) is 20.4 Å². The molecule has 0 spiro atoms. The van der Waals surface area contributed by atoms with E-state index in [1.165, 1.54) is 5.56 Å². The zero-order valence-corrected chi connectivity index (χ0v) is 11.0. The quantitative estimate of drug-likeness (QED) is 0.877. The van der Waals surface area contributed by atoms with Crippen molar-refractivity contribution in [3.8, 4) is 0 Å². The summed E-state index contributed by atoms with van der Waals surface area (Å²) < 4.78 is 5.60. The molecule has 0 unspecified atom stereocenters. The molecule has 2 aromatic rings. The molecule has 0 fully saturated rings. The second-order valence-corrected chi connectivity index (χ2v) is 4.10. The molecule has 0 radical (unpaired) electrons. The minimum absolute atomic E-state index is 0.511. The van der Waals surface area contributed by atoms with Crippen LogP contribution in [0, 0.1) is 6.92 Å². The lowest BCUT2D eigenvalue weighted by Crippen LogP contribution is -2.12. The monoisotopic (exact) mass is 246 g/mol. The van der Waals surface area contributed by atoms with Crippen molar-refractivity contribution < 1.29 is 4.42 Å². The van der Waals surface area contributed by atoms with Gasteiger partial charge in [-0.15, -0.1) is 5.10 Å². The molecule has 1 aromatic carbocycles. The van der Waals surface area contributed by atoms with Crippen molar-refractivity contribution in [2.24, 2.45) is 0 Å². The van der Waals surface area contributed by atoms with E-state index in [1.807, 2.05) is 37.1 Å². The third-order valence-electron chi connectivity index (χ3n) is 2.75. The molecule has 1 heterocycles. The lowest BCUT2D eigenvalue weighted by molar-refractivity contribution is 0.476. The fraction of sp³-hybridized carbons (Fsp3) is 0.385. The summed E-state index contributed by atoms with van der Waals surface area (Å²) in [4.78, 5) is 1.90. The standard InChI is InChI=1S/C13H18N4O/c1-4-14-9-12-15-16-13(18-12)17(3)11-8-6-5-7-10(11)2/h5-8,14H,4,9H2,1-3H3. The molecule has 2 rings (SSSR count). The third-order valence-corrected chi connectivity index (χ3v) is 2.75. The topological polar surface area (TPSA) is 54.2 Å². The maximum absolute atomic E-state index is 5.60. The fourth-order valence-corrected chi connectivity index (χ4v) is 1.73. The summed E-state index contributed by atoms with van der Waals surface area (Å²) in [5.41, 5.74) is 2.24. The second-order valence-electron chi connectivity index (χ2n) is 4.10. The molecular weight excluding hydrogens is 228 g/mol. The summed E-state index contributed by atoms with van der Waals surface area (Å²) in [5, 5.41) is 11.2. The lowest BCUT2D eigenvalue weighted by atomic mass is 10.2. The molecule has 0 atom stereocenters. The second kappa shape index (κ2) is 5.64. The normalized spacial score (nSPS) is 10.6. The Morgan fingerprint density at radius 1 is 1.28 bits per heavy atom. The molecule has 1 aromatic heterocycles. The number of anilines is 2. The highest BCUT2D eigenvalue weighted by atomic mass is 16.4. The van der Waals surface area contributed by atoms with Crippen molar-refractivity contribution in [2.75, 3.05) is 18.5 Å². The van der Waals surface area contributed by atoms with Crippen LogP contribution in [0.15, 0.2) is 28.7 Å². The van der Waals surface area contributed by atoms with Gasteiger partial charge in [0.25, 0.3) is 0 Å². The van der Waals surface area contributed by atoms with Crippen molar-refractivity contribution in [1.82, 2.24) is 15.5 Å². The fourth-order valence-electron chi connectivity index (χ4n) is 1.73. The van der Waals surface area contributed by atoms with Crippen molar-refractivity contribution in [3.05, 3.63) is 35.7 Å². The van der Waals surface area contributed by atoms with Gasteiger partial charge < -0.3 is 9.73 Å². The van der Waals surface area contributed by atoms with E-state index in [0.29, 0.717) is 18.5 Å². The van der Waals surface area contributed by atoms with Gasteiger partial charge in [0, 0.05) is 12.7 Å². The zero-order chi connectivity index (χ0) is 13.0. The minimum Gasteiger partial charge on any atom is -0.406 e. The van der Waals surface area contributed by atoms with E-state index in [4.69, 9.17) is 4.42 Å². The molecule has 5 heteroatoms. The van der Waals surface area contributed by atoms with Crippen LogP contribution in [0.2, 0.25) is 0 Å². The average Bonchev–Trinajstić information content (AvgIpc) is 2.85. The molecule has 96 valence electrons. The summed E-state index contributed by atoms with van der Waals surface area (Å²) in [6.45, 7) is 5.58. The Balaban J connectivity index is 2.16. The van der Waals surface area contributed by atoms with Crippen LogP contribution in [0.25, 0.3) is 0 Å². The lowest BCUT2D eigenvalue weighted by Gasteiger charge is -2.16. The summed E-state index contributed by atoms with van der Waals surface area (Å²) >= 11 is 0. The van der Waals surface area contributed by atoms with Gasteiger partial charge in [0.1, 0.15) is 0 Å². The average molecular weight is 246 g/mol. The van der Waals surface area contributed by atoms with Gasteiger partial charge in [0.05, 0.1) is 6.54 Å². The number of para-hydroxylation sites is 1. The summed E-state index contributed by atoms with van der Waals surface area (Å²) in [5.74, 6) is 0.604. The number of nitrogens with one attached hydrogen (secondary N) is 1. The molecule has 0 bridgehead atoms. The first-order chi connectivity index (χ1) is 8.72. The Morgan fingerprint density at radius 2 is 2.06 bits per heavy atom. The maximum atomic E-state index is 5.60. The Hall–Kier alpha value is -1.88. The minimum atomic E-state index is 0.511. The molecule has 0 amide bonds. The number of hydrogen-bond donors (Lipinski definition) is 1. The highest BCUT2D eigenvalue weighted by molar-refractivity contribution is 5.59. The van der Waals surface area contributed by atoms with Crippen molar-refractivity contribution in [3.63, 3.8) is 0 Å². The first-order valence-corrected chi connectivity index (χ1v) is 6.05. The highest BCUT2D eigenvalue weighted by Gasteiger charge is 2.13. The Bertz CT molecular complexity index is 509. The number of rotatable bonds is 5. The summed E-state index contributed by atoms with van der Waals surface area (Å²) in [6, 6.07) is 8.61. The number of aromatic nitrogens is 2. The van der Waals surface area contributed by atoms with Crippen LogP contribution in [0.3, 0.4) is 0 Å². The van der Waals surface area contributed by atoms with E-state index in [0.717, 1.165) is 12.2 Å². The molecule has 0 aliphatic carbocycles. The number of nitrogens with zero attached hydrogens (tertiary/aromatic N) is 3. The van der Waals surface area contributed by atoms with Gasteiger partial charge in [-0.2, -0.15) is 0 Å². The van der Waals surface area contributed by atoms with Crippen LogP contribution in [0.4, 0.5) is 11.7 Å². The summed E-state index contributed by atoms with van der Waals surface area (Å²) in [6.07, 6.45) is 0. The van der Waals surface area contributed by atoms with Gasteiger partial charge in [-0.05, 0) is 25.1 Å². The van der Waals surface area contributed by atoms with E-state index in [1.54, 1.807) is 0 Å². The van der Waals surface area contributed by atoms with Crippen LogP contribution in [0.1, 0.15) is 18.4 Å². The largest absolute Gasteiger partial charge is 0.406 e. The molecular formula is C13H18N4O. The molecule has 0 saturated carbocycles. The van der Waals surface area contributed by atoms with Crippen LogP contribution >= 0.6 is 0 Å². The van der Waals surface area contributed by atoms with Crippen LogP contribution in [0.5, 0.6) is 0 Å². The van der Waals surface area contributed by atoms with E-state index in [2.05, 4.69) is 28.5 Å². The van der Waals surface area contributed by atoms with Gasteiger partial charge in [0.2, 0.25) is 5.89 Å². The van der Waals surface area contributed by atoms with E-state index >= 15 is 0 Å².